The first-order valence-electron chi connectivity index (χ1n) is 6.47. The van der Waals surface area contributed by atoms with Crippen LogP contribution in [0.15, 0.2) is 12.1 Å². The number of imidazole rings is 1. The van der Waals surface area contributed by atoms with Gasteiger partial charge in [0.05, 0.1) is 21.4 Å². The van der Waals surface area contributed by atoms with E-state index in [1.807, 2.05) is 25.6 Å². The molecule has 6 heteroatoms. The number of rotatable bonds is 4. The minimum Gasteiger partial charge on any atom is -0.325 e. The fraction of sp³-hybridized carbons (Fsp3) is 0.500. The van der Waals surface area contributed by atoms with Crippen LogP contribution in [0.5, 0.6) is 0 Å². The first-order valence-corrected chi connectivity index (χ1v) is 7.28. The molecule has 2 atom stereocenters. The summed E-state index contributed by atoms with van der Waals surface area (Å²) in [5, 5.41) is -0.150. The number of fused-ring (bicyclic) bond motifs is 1. The van der Waals surface area contributed by atoms with Crippen molar-refractivity contribution in [1.29, 1.82) is 0 Å². The highest BCUT2D eigenvalue weighted by Gasteiger charge is 2.19. The number of alkyl halides is 1. The topological polar surface area (TPSA) is 21.1 Å². The van der Waals surface area contributed by atoms with Crippen molar-refractivity contribution in [3.05, 3.63) is 28.8 Å². The van der Waals surface area contributed by atoms with Gasteiger partial charge in [-0.2, -0.15) is 0 Å². The highest BCUT2D eigenvalue weighted by atomic mass is 35.5. The summed E-state index contributed by atoms with van der Waals surface area (Å²) < 4.78 is 15.6. The van der Waals surface area contributed by atoms with Crippen molar-refractivity contribution >= 4 is 34.2 Å². The van der Waals surface area contributed by atoms with E-state index in [9.17, 15) is 4.39 Å². The van der Waals surface area contributed by atoms with E-state index in [-0.39, 0.29) is 10.4 Å². The number of hydrogen-bond donors (Lipinski definition) is 0. The van der Waals surface area contributed by atoms with Gasteiger partial charge in [0.25, 0.3) is 0 Å². The van der Waals surface area contributed by atoms with E-state index >= 15 is 0 Å². The van der Waals surface area contributed by atoms with Crippen LogP contribution < -0.4 is 0 Å². The van der Waals surface area contributed by atoms with Crippen LogP contribution in [0.4, 0.5) is 4.39 Å². The summed E-state index contributed by atoms with van der Waals surface area (Å²) in [5.74, 6) is 0.273. The molecule has 0 aliphatic carbocycles. The van der Waals surface area contributed by atoms with E-state index in [2.05, 4.69) is 16.8 Å². The summed E-state index contributed by atoms with van der Waals surface area (Å²) >= 11 is 12.1. The molecule has 0 aliphatic heterocycles. The molecule has 1 aromatic heterocycles. The lowest BCUT2D eigenvalue weighted by Crippen LogP contribution is -2.29. The molecule has 2 rings (SSSR count). The number of benzene rings is 1. The van der Waals surface area contributed by atoms with Gasteiger partial charge in [0.15, 0.2) is 0 Å². The maximum Gasteiger partial charge on any atom is 0.144 e. The molecule has 20 heavy (non-hydrogen) atoms. The summed E-state index contributed by atoms with van der Waals surface area (Å²) in [4.78, 5) is 6.55. The predicted octanol–water partition coefficient (Wildman–Crippen LogP) is 4.08. The van der Waals surface area contributed by atoms with Crippen molar-refractivity contribution in [3.8, 4) is 0 Å². The SMILES string of the molecule is CC(Cl)c1nc2cc(F)c(Cl)cc2n1CC(C)N(C)C. The van der Waals surface area contributed by atoms with Crippen molar-refractivity contribution in [3.63, 3.8) is 0 Å². The Hall–Kier alpha value is -0.840. The molecule has 0 N–H and O–H groups in total. The smallest absolute Gasteiger partial charge is 0.144 e. The van der Waals surface area contributed by atoms with E-state index in [1.54, 1.807) is 6.07 Å². The third kappa shape index (κ3) is 2.92. The molecule has 0 saturated heterocycles. The zero-order valence-electron chi connectivity index (χ0n) is 12.0. The van der Waals surface area contributed by atoms with Gasteiger partial charge in [-0.3, -0.25) is 0 Å². The maximum atomic E-state index is 13.6. The molecule has 0 aliphatic rings. The van der Waals surface area contributed by atoms with Gasteiger partial charge in [-0.1, -0.05) is 11.6 Å². The van der Waals surface area contributed by atoms with E-state index in [0.29, 0.717) is 11.6 Å². The van der Waals surface area contributed by atoms with Crippen LogP contribution in [-0.4, -0.2) is 34.6 Å². The van der Waals surface area contributed by atoms with Crippen molar-refractivity contribution in [2.45, 2.75) is 31.8 Å². The first-order chi connectivity index (χ1) is 9.31. The van der Waals surface area contributed by atoms with Gasteiger partial charge in [-0.05, 0) is 34.0 Å². The van der Waals surface area contributed by atoms with Crippen LogP contribution >= 0.6 is 23.2 Å². The lowest BCUT2D eigenvalue weighted by Gasteiger charge is -2.22. The molecule has 110 valence electrons. The fourth-order valence-electron chi connectivity index (χ4n) is 2.06. The monoisotopic (exact) mass is 317 g/mol. The molecule has 2 aromatic rings. The van der Waals surface area contributed by atoms with Crippen LogP contribution in [0.2, 0.25) is 5.02 Å². The average molecular weight is 318 g/mol. The van der Waals surface area contributed by atoms with E-state index in [1.165, 1.54) is 6.07 Å². The van der Waals surface area contributed by atoms with Crippen LogP contribution in [0.25, 0.3) is 11.0 Å². The summed E-state index contributed by atoms with van der Waals surface area (Å²) in [6.07, 6.45) is 0. The molecule has 0 spiro atoms. The van der Waals surface area contributed by atoms with Crippen molar-refractivity contribution < 1.29 is 4.39 Å². The average Bonchev–Trinajstić information content (AvgIpc) is 2.68. The first kappa shape index (κ1) is 15.5. The Balaban J connectivity index is 2.59. The lowest BCUT2D eigenvalue weighted by molar-refractivity contribution is 0.284. The Morgan fingerprint density at radius 1 is 1.35 bits per heavy atom. The van der Waals surface area contributed by atoms with Crippen LogP contribution in [0.3, 0.4) is 0 Å². The zero-order chi connectivity index (χ0) is 15.0. The Labute approximate surface area is 128 Å². The normalized spacial score (nSPS) is 15.0. The molecule has 0 radical (unpaired) electrons. The van der Waals surface area contributed by atoms with E-state index < -0.39 is 5.82 Å². The molecular weight excluding hydrogens is 300 g/mol. The van der Waals surface area contributed by atoms with E-state index in [0.717, 1.165) is 17.9 Å². The van der Waals surface area contributed by atoms with Gasteiger partial charge in [0.1, 0.15) is 11.6 Å². The van der Waals surface area contributed by atoms with Gasteiger partial charge in [-0.15, -0.1) is 11.6 Å². The maximum absolute atomic E-state index is 13.6. The molecular formula is C14H18Cl2FN3. The number of likely N-dealkylation sites (N-methyl/N-ethyl adjacent to an activating group) is 1. The molecule has 0 saturated carbocycles. The standard InChI is InChI=1S/C14H18Cl2FN3/c1-8(19(3)4)7-20-13-5-10(16)11(17)6-12(13)18-14(20)9(2)15/h5-6,8-9H,7H2,1-4H3. The van der Waals surface area contributed by atoms with E-state index in [4.69, 9.17) is 23.2 Å². The predicted molar refractivity (Wildman–Crippen MR) is 82.1 cm³/mol. The minimum absolute atomic E-state index is 0.102. The molecule has 1 aromatic carbocycles. The van der Waals surface area contributed by atoms with Crippen LogP contribution in [0.1, 0.15) is 25.0 Å². The Morgan fingerprint density at radius 3 is 2.55 bits per heavy atom. The van der Waals surface area contributed by atoms with Crippen molar-refractivity contribution in [1.82, 2.24) is 14.5 Å². The Bertz CT molecular complexity index is 622. The molecule has 2 unspecified atom stereocenters. The van der Waals surface area contributed by atoms with Crippen molar-refractivity contribution in [2.24, 2.45) is 0 Å². The molecule has 0 fully saturated rings. The number of hydrogen-bond acceptors (Lipinski definition) is 2. The van der Waals surface area contributed by atoms with Gasteiger partial charge in [-0.25, -0.2) is 9.37 Å². The summed E-state index contributed by atoms with van der Waals surface area (Å²) in [5.41, 5.74) is 1.40. The third-order valence-electron chi connectivity index (χ3n) is 3.50. The second kappa shape index (κ2) is 5.88. The van der Waals surface area contributed by atoms with Gasteiger partial charge in [0, 0.05) is 18.7 Å². The highest BCUT2D eigenvalue weighted by molar-refractivity contribution is 6.31. The summed E-state index contributed by atoms with van der Waals surface area (Å²) in [7, 11) is 4.03. The third-order valence-corrected chi connectivity index (χ3v) is 3.99. The lowest BCUT2D eigenvalue weighted by atomic mass is 10.2. The van der Waals surface area contributed by atoms with Crippen LogP contribution in [-0.2, 0) is 6.54 Å². The quantitative estimate of drug-likeness (QED) is 0.792. The van der Waals surface area contributed by atoms with Gasteiger partial charge < -0.3 is 9.47 Å². The summed E-state index contributed by atoms with van der Waals surface area (Å²) in [6, 6.07) is 3.27. The summed E-state index contributed by atoms with van der Waals surface area (Å²) in [6.45, 7) is 4.69. The Kier molecular flexibility index (Phi) is 4.57. The molecule has 3 nitrogen and oxygen atoms in total. The number of halogens is 3. The second-order valence-electron chi connectivity index (χ2n) is 5.26. The van der Waals surface area contributed by atoms with Crippen molar-refractivity contribution in [2.75, 3.05) is 14.1 Å². The van der Waals surface area contributed by atoms with Gasteiger partial charge >= 0.3 is 0 Å². The van der Waals surface area contributed by atoms with Gasteiger partial charge in [0.2, 0.25) is 0 Å². The fourth-order valence-corrected chi connectivity index (χ4v) is 2.39. The Morgan fingerprint density at radius 2 is 2.00 bits per heavy atom. The molecule has 0 amide bonds. The molecule has 0 bridgehead atoms. The van der Waals surface area contributed by atoms with Crippen LogP contribution in [0, 0.1) is 5.82 Å². The number of nitrogens with zero attached hydrogens (tertiary/aromatic N) is 3. The highest BCUT2D eigenvalue weighted by Crippen LogP contribution is 2.28. The largest absolute Gasteiger partial charge is 0.325 e. The minimum atomic E-state index is -0.460. The zero-order valence-corrected chi connectivity index (χ0v) is 13.5. The second-order valence-corrected chi connectivity index (χ2v) is 6.33. The molecule has 1 heterocycles. The number of aromatic nitrogens is 2.